The fraction of sp³-hybridized carbons (Fsp3) is 0.143. The summed E-state index contributed by atoms with van der Waals surface area (Å²) in [6.45, 7) is 0.0684. The molecule has 0 aliphatic heterocycles. The predicted molar refractivity (Wildman–Crippen MR) is 72.0 cm³/mol. The molecule has 20 heavy (non-hydrogen) atoms. The normalized spacial score (nSPS) is 11.1. The molecular weight excluding hydrogens is 294 g/mol. The molecule has 0 fully saturated rings. The zero-order valence-electron chi connectivity index (χ0n) is 10.2. The van der Waals surface area contributed by atoms with Crippen LogP contribution in [0, 0.1) is 5.82 Å². The molecule has 2 rings (SSSR count). The maximum absolute atomic E-state index is 13.4. The highest BCUT2D eigenvalue weighted by molar-refractivity contribution is 5.85. The van der Waals surface area contributed by atoms with Crippen molar-refractivity contribution >= 4 is 12.4 Å². The third-order valence-corrected chi connectivity index (χ3v) is 2.74. The van der Waals surface area contributed by atoms with E-state index in [1.807, 2.05) is 0 Å². The molecule has 0 bridgehead atoms. The van der Waals surface area contributed by atoms with Gasteiger partial charge in [0.05, 0.1) is 5.56 Å². The molecular formula is C14H12ClF4N. The molecule has 0 aliphatic carbocycles. The quantitative estimate of drug-likeness (QED) is 0.818. The van der Waals surface area contributed by atoms with E-state index in [1.165, 1.54) is 30.3 Å². The Kier molecular flexibility index (Phi) is 5.14. The van der Waals surface area contributed by atoms with Crippen molar-refractivity contribution in [2.24, 2.45) is 5.73 Å². The first-order valence-electron chi connectivity index (χ1n) is 5.58. The molecule has 2 aromatic rings. The lowest BCUT2D eigenvalue weighted by Crippen LogP contribution is -2.07. The van der Waals surface area contributed by atoms with Crippen LogP contribution in [0.15, 0.2) is 42.5 Å². The van der Waals surface area contributed by atoms with Gasteiger partial charge >= 0.3 is 6.18 Å². The van der Waals surface area contributed by atoms with Crippen LogP contribution in [-0.4, -0.2) is 0 Å². The summed E-state index contributed by atoms with van der Waals surface area (Å²) in [7, 11) is 0. The molecule has 2 aromatic carbocycles. The fourth-order valence-corrected chi connectivity index (χ4v) is 1.91. The number of nitrogens with two attached hydrogens (primary N) is 1. The summed E-state index contributed by atoms with van der Waals surface area (Å²) >= 11 is 0. The van der Waals surface area contributed by atoms with Crippen molar-refractivity contribution in [3.05, 3.63) is 59.4 Å². The molecule has 0 aliphatic rings. The fourth-order valence-electron chi connectivity index (χ4n) is 1.91. The molecule has 0 saturated heterocycles. The highest BCUT2D eigenvalue weighted by atomic mass is 35.5. The second-order valence-electron chi connectivity index (χ2n) is 4.10. The Labute approximate surface area is 119 Å². The third kappa shape index (κ3) is 3.49. The van der Waals surface area contributed by atoms with Gasteiger partial charge in [-0.25, -0.2) is 4.39 Å². The molecule has 0 aromatic heterocycles. The van der Waals surface area contributed by atoms with Crippen molar-refractivity contribution in [3.8, 4) is 11.1 Å². The first-order valence-corrected chi connectivity index (χ1v) is 5.58. The SMILES string of the molecule is Cl.NCc1cc(F)cc(-c2ccccc2C(F)(F)F)c1. The highest BCUT2D eigenvalue weighted by Gasteiger charge is 2.33. The molecule has 6 heteroatoms. The summed E-state index contributed by atoms with van der Waals surface area (Å²) in [5.41, 5.74) is 5.19. The van der Waals surface area contributed by atoms with E-state index in [4.69, 9.17) is 5.73 Å². The number of hydrogen-bond donors (Lipinski definition) is 1. The molecule has 0 saturated carbocycles. The molecule has 0 heterocycles. The maximum Gasteiger partial charge on any atom is 0.417 e. The smallest absolute Gasteiger partial charge is 0.326 e. The van der Waals surface area contributed by atoms with Gasteiger partial charge in [-0.15, -0.1) is 12.4 Å². The monoisotopic (exact) mass is 305 g/mol. The number of halogens is 5. The van der Waals surface area contributed by atoms with E-state index in [1.54, 1.807) is 0 Å². The lowest BCUT2D eigenvalue weighted by molar-refractivity contribution is -0.137. The zero-order chi connectivity index (χ0) is 14.0. The highest BCUT2D eigenvalue weighted by Crippen LogP contribution is 2.37. The van der Waals surface area contributed by atoms with Gasteiger partial charge in [-0.2, -0.15) is 13.2 Å². The second-order valence-corrected chi connectivity index (χ2v) is 4.10. The lowest BCUT2D eigenvalue weighted by Gasteiger charge is -2.13. The van der Waals surface area contributed by atoms with E-state index in [2.05, 4.69) is 0 Å². The van der Waals surface area contributed by atoms with E-state index < -0.39 is 17.6 Å². The molecule has 108 valence electrons. The average molecular weight is 306 g/mol. The Morgan fingerprint density at radius 3 is 2.25 bits per heavy atom. The molecule has 0 unspecified atom stereocenters. The molecule has 2 N–H and O–H groups in total. The average Bonchev–Trinajstić information content (AvgIpc) is 2.37. The van der Waals surface area contributed by atoms with E-state index in [0.29, 0.717) is 5.56 Å². The topological polar surface area (TPSA) is 26.0 Å². The Balaban J connectivity index is 0.00000200. The van der Waals surface area contributed by atoms with Crippen LogP contribution in [0.25, 0.3) is 11.1 Å². The first-order chi connectivity index (χ1) is 8.91. The molecule has 0 amide bonds. The Hall–Kier alpha value is -1.59. The number of benzene rings is 2. The molecule has 0 atom stereocenters. The van der Waals surface area contributed by atoms with Crippen molar-refractivity contribution in [1.82, 2.24) is 0 Å². The summed E-state index contributed by atoms with van der Waals surface area (Å²) in [5, 5.41) is 0. The third-order valence-electron chi connectivity index (χ3n) is 2.74. The summed E-state index contributed by atoms with van der Waals surface area (Å²) in [5.74, 6) is -0.602. The minimum Gasteiger partial charge on any atom is -0.326 e. The number of alkyl halides is 3. The maximum atomic E-state index is 13.4. The van der Waals surface area contributed by atoms with E-state index in [-0.39, 0.29) is 30.1 Å². The first kappa shape index (κ1) is 16.5. The summed E-state index contributed by atoms with van der Waals surface area (Å²) in [6, 6.07) is 8.82. The minimum absolute atomic E-state index is 0. The van der Waals surface area contributed by atoms with E-state index >= 15 is 0 Å². The predicted octanol–water partition coefficient (Wildman–Crippen LogP) is 4.39. The van der Waals surface area contributed by atoms with Gasteiger partial charge in [0.25, 0.3) is 0 Å². The van der Waals surface area contributed by atoms with Gasteiger partial charge < -0.3 is 5.73 Å². The van der Waals surface area contributed by atoms with Gasteiger partial charge in [0.2, 0.25) is 0 Å². The standard InChI is InChI=1S/C14H11F4N.ClH/c15-11-6-9(8-19)5-10(7-11)12-3-1-2-4-13(12)14(16,17)18;/h1-7H,8,19H2;1H. The van der Waals surface area contributed by atoms with Crippen molar-refractivity contribution in [2.75, 3.05) is 0 Å². The van der Waals surface area contributed by atoms with Crippen LogP contribution in [0.4, 0.5) is 17.6 Å². The Morgan fingerprint density at radius 2 is 1.65 bits per heavy atom. The lowest BCUT2D eigenvalue weighted by atomic mass is 9.97. The molecule has 0 radical (unpaired) electrons. The van der Waals surface area contributed by atoms with E-state index in [9.17, 15) is 17.6 Å². The number of hydrogen-bond acceptors (Lipinski definition) is 1. The Morgan fingerprint density at radius 1 is 1.00 bits per heavy atom. The minimum atomic E-state index is -4.48. The van der Waals surface area contributed by atoms with Crippen molar-refractivity contribution in [2.45, 2.75) is 12.7 Å². The van der Waals surface area contributed by atoms with Crippen molar-refractivity contribution in [1.29, 1.82) is 0 Å². The van der Waals surface area contributed by atoms with Crippen molar-refractivity contribution < 1.29 is 17.6 Å². The molecule has 1 nitrogen and oxygen atoms in total. The van der Waals surface area contributed by atoms with Crippen LogP contribution in [0.2, 0.25) is 0 Å². The second kappa shape index (κ2) is 6.24. The van der Waals surface area contributed by atoms with Crippen LogP contribution in [-0.2, 0) is 12.7 Å². The van der Waals surface area contributed by atoms with Crippen LogP contribution in [0.1, 0.15) is 11.1 Å². The van der Waals surface area contributed by atoms with Crippen molar-refractivity contribution in [3.63, 3.8) is 0 Å². The van der Waals surface area contributed by atoms with Crippen LogP contribution >= 0.6 is 12.4 Å². The van der Waals surface area contributed by atoms with Gasteiger partial charge in [-0.1, -0.05) is 18.2 Å². The summed E-state index contributed by atoms with van der Waals surface area (Å²) in [6.07, 6.45) is -4.48. The Bertz CT molecular complexity index is 596. The van der Waals surface area contributed by atoms with Crippen LogP contribution < -0.4 is 5.73 Å². The van der Waals surface area contributed by atoms with Gasteiger partial charge in [-0.05, 0) is 41.0 Å². The summed E-state index contributed by atoms with van der Waals surface area (Å²) < 4.78 is 52.1. The van der Waals surface area contributed by atoms with Gasteiger partial charge in [0, 0.05) is 6.54 Å². The van der Waals surface area contributed by atoms with Crippen LogP contribution in [0.5, 0.6) is 0 Å². The van der Waals surface area contributed by atoms with Gasteiger partial charge in [0.15, 0.2) is 0 Å². The molecule has 0 spiro atoms. The van der Waals surface area contributed by atoms with E-state index in [0.717, 1.165) is 12.1 Å². The van der Waals surface area contributed by atoms with Crippen LogP contribution in [0.3, 0.4) is 0 Å². The zero-order valence-corrected chi connectivity index (χ0v) is 11.1. The van der Waals surface area contributed by atoms with Gasteiger partial charge in [-0.3, -0.25) is 0 Å². The van der Waals surface area contributed by atoms with Gasteiger partial charge in [0.1, 0.15) is 5.82 Å². The largest absolute Gasteiger partial charge is 0.417 e. The number of rotatable bonds is 2. The summed E-state index contributed by atoms with van der Waals surface area (Å²) in [4.78, 5) is 0.